The second-order valence-corrected chi connectivity index (χ2v) is 8.06. The van der Waals surface area contributed by atoms with Gasteiger partial charge in [-0.05, 0) is 72.4 Å². The summed E-state index contributed by atoms with van der Waals surface area (Å²) in [6.07, 6.45) is 3.03. The number of hydrazine groups is 1. The molecule has 4 rings (SSSR count). The molecule has 9 nitrogen and oxygen atoms in total. The van der Waals surface area contributed by atoms with E-state index in [1.54, 1.807) is 0 Å². The number of halogens is 1. The molecule has 2 aliphatic rings. The summed E-state index contributed by atoms with van der Waals surface area (Å²) in [4.78, 5) is 7.77. The van der Waals surface area contributed by atoms with Crippen molar-refractivity contribution < 1.29 is 0 Å². The van der Waals surface area contributed by atoms with E-state index in [-0.39, 0.29) is 12.1 Å². The Hall–Kier alpha value is -3.10. The van der Waals surface area contributed by atoms with Gasteiger partial charge in [-0.2, -0.15) is 0 Å². The molecule has 0 aromatic heterocycles. The Morgan fingerprint density at radius 3 is 2.87 bits per heavy atom. The average molecular weight is 438 g/mol. The van der Waals surface area contributed by atoms with Gasteiger partial charge >= 0.3 is 0 Å². The van der Waals surface area contributed by atoms with Gasteiger partial charge in [0.25, 0.3) is 0 Å². The molecule has 0 saturated carbocycles. The van der Waals surface area contributed by atoms with E-state index in [1.807, 2.05) is 36.4 Å². The van der Waals surface area contributed by atoms with Crippen LogP contribution in [0.4, 0.5) is 11.4 Å². The van der Waals surface area contributed by atoms with Crippen molar-refractivity contribution in [3.63, 3.8) is 0 Å². The number of nitrogens with zero attached hydrogens (tertiary/aromatic N) is 4. The maximum absolute atomic E-state index is 8.67. The smallest absolute Gasteiger partial charge is 0.142 e. The van der Waals surface area contributed by atoms with E-state index in [4.69, 9.17) is 27.5 Å². The molecule has 0 unspecified atom stereocenters. The summed E-state index contributed by atoms with van der Waals surface area (Å²) in [5, 5.41) is 19.2. The lowest BCUT2D eigenvalue weighted by atomic mass is 9.85. The highest BCUT2D eigenvalue weighted by Crippen LogP contribution is 2.38. The van der Waals surface area contributed by atoms with Crippen LogP contribution in [0.2, 0.25) is 5.02 Å². The van der Waals surface area contributed by atoms with Gasteiger partial charge in [0.05, 0.1) is 23.5 Å². The summed E-state index contributed by atoms with van der Waals surface area (Å²) in [6.45, 7) is 2.53. The van der Waals surface area contributed by atoms with Gasteiger partial charge in [-0.25, -0.2) is 10.4 Å². The minimum atomic E-state index is -0.328. The molecule has 2 aromatic rings. The van der Waals surface area contributed by atoms with Crippen molar-refractivity contribution in [1.29, 1.82) is 5.41 Å². The first-order chi connectivity index (χ1) is 15.1. The summed E-state index contributed by atoms with van der Waals surface area (Å²) in [5.41, 5.74) is 19.1. The first-order valence-corrected chi connectivity index (χ1v) is 10.5. The molecule has 1 fully saturated rings. The van der Waals surface area contributed by atoms with E-state index in [1.165, 1.54) is 6.21 Å². The molecule has 2 aromatic carbocycles. The Morgan fingerprint density at radius 1 is 1.29 bits per heavy atom. The van der Waals surface area contributed by atoms with Crippen LogP contribution >= 0.6 is 11.6 Å². The van der Waals surface area contributed by atoms with Gasteiger partial charge in [-0.3, -0.25) is 0 Å². The number of hydrogen-bond donors (Lipinski definition) is 5. The van der Waals surface area contributed by atoms with Crippen molar-refractivity contribution in [2.45, 2.75) is 31.5 Å². The maximum atomic E-state index is 8.67. The lowest BCUT2D eigenvalue weighted by Crippen LogP contribution is -2.60. The van der Waals surface area contributed by atoms with Crippen LogP contribution in [0, 0.1) is 5.41 Å². The molecule has 1 saturated heterocycles. The third-order valence-electron chi connectivity index (χ3n) is 5.62. The highest BCUT2D eigenvalue weighted by atomic mass is 35.5. The zero-order valence-corrected chi connectivity index (χ0v) is 17.7. The number of hydrogen-bond acceptors (Lipinski definition) is 7. The van der Waals surface area contributed by atoms with E-state index < -0.39 is 0 Å². The van der Waals surface area contributed by atoms with Crippen molar-refractivity contribution in [1.82, 2.24) is 16.2 Å². The standard InChI is InChI=1S/C21H24ClN9/c22-17-3-1-2-14(8-17)12-26-30-20-21(4-6-25-7-5-21)29-19-9-15(11-23)16(13-27-31-24)10-18(19)28-20/h1-3,8-11,23,25-26,29H,4-7,12-13H2,(H,28,30). The molecule has 2 aliphatic heterocycles. The van der Waals surface area contributed by atoms with Gasteiger partial charge < -0.3 is 21.5 Å². The number of nitrogens with one attached hydrogen (secondary N) is 5. The van der Waals surface area contributed by atoms with E-state index in [0.29, 0.717) is 17.1 Å². The first kappa shape index (κ1) is 21.1. The normalized spacial score (nSPS) is 16.5. The second-order valence-electron chi connectivity index (χ2n) is 7.63. The number of aliphatic imine (C=N–C) groups is 1. The lowest BCUT2D eigenvalue weighted by Gasteiger charge is -2.43. The van der Waals surface area contributed by atoms with Gasteiger partial charge in [-0.15, -0.1) is 0 Å². The molecule has 5 N–H and O–H groups in total. The van der Waals surface area contributed by atoms with Crippen LogP contribution in [-0.2, 0) is 13.1 Å². The third-order valence-corrected chi connectivity index (χ3v) is 5.86. The van der Waals surface area contributed by atoms with Gasteiger partial charge in [0.2, 0.25) is 0 Å². The Kier molecular flexibility index (Phi) is 6.39. The van der Waals surface area contributed by atoms with Crippen molar-refractivity contribution in [2.24, 2.45) is 10.1 Å². The van der Waals surface area contributed by atoms with E-state index in [0.717, 1.165) is 54.3 Å². The Balaban J connectivity index is 1.63. The molecular weight excluding hydrogens is 414 g/mol. The number of benzene rings is 2. The van der Waals surface area contributed by atoms with Gasteiger partial charge in [-0.1, -0.05) is 28.8 Å². The fraction of sp³-hybridized carbons (Fsp3) is 0.333. The second kappa shape index (κ2) is 9.36. The fourth-order valence-electron chi connectivity index (χ4n) is 4.00. The highest BCUT2D eigenvalue weighted by molar-refractivity contribution is 6.30. The minimum Gasteiger partial charge on any atom is -0.371 e. The molecule has 0 aliphatic carbocycles. The largest absolute Gasteiger partial charge is 0.371 e. The number of amidine groups is 1. The van der Waals surface area contributed by atoms with Crippen LogP contribution < -0.4 is 21.5 Å². The molecule has 0 radical (unpaired) electrons. The van der Waals surface area contributed by atoms with Crippen molar-refractivity contribution in [3.8, 4) is 0 Å². The summed E-state index contributed by atoms with van der Waals surface area (Å²) in [7, 11) is 0. The van der Waals surface area contributed by atoms with Gasteiger partial charge in [0.15, 0.2) is 0 Å². The van der Waals surface area contributed by atoms with Crippen LogP contribution in [0.25, 0.3) is 10.4 Å². The number of anilines is 1. The molecule has 0 bridgehead atoms. The zero-order chi connectivity index (χ0) is 21.7. The average Bonchev–Trinajstić information content (AvgIpc) is 2.78. The molecule has 31 heavy (non-hydrogen) atoms. The molecule has 0 atom stereocenters. The van der Waals surface area contributed by atoms with E-state index >= 15 is 0 Å². The zero-order valence-electron chi connectivity index (χ0n) is 17.0. The summed E-state index contributed by atoms with van der Waals surface area (Å²) < 4.78 is 0. The molecule has 1 spiro atoms. The molecule has 0 amide bonds. The first-order valence-electron chi connectivity index (χ1n) is 10.1. The van der Waals surface area contributed by atoms with Crippen LogP contribution in [0.5, 0.6) is 0 Å². The number of fused-ring (bicyclic) bond motifs is 1. The molecule has 10 heteroatoms. The number of azide groups is 1. The third kappa shape index (κ3) is 4.65. The summed E-state index contributed by atoms with van der Waals surface area (Å²) in [5.74, 6) is 0.820. The van der Waals surface area contributed by atoms with Gasteiger partial charge in [0.1, 0.15) is 5.84 Å². The van der Waals surface area contributed by atoms with Crippen molar-refractivity contribution in [2.75, 3.05) is 18.4 Å². The Morgan fingerprint density at radius 2 is 2.13 bits per heavy atom. The molecule has 2 heterocycles. The predicted molar refractivity (Wildman–Crippen MR) is 124 cm³/mol. The fourth-order valence-corrected chi connectivity index (χ4v) is 4.22. The predicted octanol–water partition coefficient (Wildman–Crippen LogP) is 4.02. The van der Waals surface area contributed by atoms with E-state index in [2.05, 4.69) is 31.5 Å². The van der Waals surface area contributed by atoms with Crippen LogP contribution in [0.3, 0.4) is 0 Å². The SMILES string of the molecule is [N-]=[N+]=NCc1cc2c(cc1C=N)NC1(CCNCC1)C(NNCc1cccc(Cl)c1)=N2. The summed E-state index contributed by atoms with van der Waals surface area (Å²) >= 11 is 6.09. The monoisotopic (exact) mass is 437 g/mol. The Labute approximate surface area is 185 Å². The van der Waals surface area contributed by atoms with E-state index in [9.17, 15) is 0 Å². The van der Waals surface area contributed by atoms with Crippen molar-refractivity contribution in [3.05, 3.63) is 68.6 Å². The van der Waals surface area contributed by atoms with Crippen molar-refractivity contribution >= 4 is 35.0 Å². The number of piperidine rings is 1. The quantitative estimate of drug-likeness (QED) is 0.153. The Bertz CT molecular complexity index is 1050. The number of rotatable bonds is 6. The molecular formula is C21H24ClN9. The van der Waals surface area contributed by atoms with Gasteiger partial charge in [0, 0.05) is 22.7 Å². The minimum absolute atomic E-state index is 0.175. The topological polar surface area (TPSA) is 133 Å². The lowest BCUT2D eigenvalue weighted by molar-refractivity contribution is 0.407. The van der Waals surface area contributed by atoms with Crippen LogP contribution in [-0.4, -0.2) is 30.7 Å². The maximum Gasteiger partial charge on any atom is 0.142 e. The van der Waals surface area contributed by atoms with Crippen LogP contribution in [0.15, 0.2) is 46.5 Å². The molecule has 160 valence electrons. The summed E-state index contributed by atoms with van der Waals surface area (Å²) in [6, 6.07) is 11.5. The van der Waals surface area contributed by atoms with Crippen LogP contribution in [0.1, 0.15) is 29.5 Å². The highest BCUT2D eigenvalue weighted by Gasteiger charge is 2.40.